The fourth-order valence-electron chi connectivity index (χ4n) is 2.37. The number of anilines is 1. The number of para-hydroxylation sites is 1. The zero-order valence-corrected chi connectivity index (χ0v) is 13.9. The molecule has 116 valence electrons. The molecule has 21 heavy (non-hydrogen) atoms. The number of hydrogen-bond donors (Lipinski definition) is 2. The van der Waals surface area contributed by atoms with E-state index in [1.807, 2.05) is 25.2 Å². The van der Waals surface area contributed by atoms with Crippen LogP contribution in [0, 0.1) is 0 Å². The van der Waals surface area contributed by atoms with Crippen LogP contribution in [-0.4, -0.2) is 24.7 Å². The van der Waals surface area contributed by atoms with Crippen LogP contribution >= 0.6 is 0 Å². The summed E-state index contributed by atoms with van der Waals surface area (Å²) in [6.07, 6.45) is 0. The van der Waals surface area contributed by atoms with Gasteiger partial charge < -0.3 is 0 Å². The average Bonchev–Trinajstić information content (AvgIpc) is 2.64. The van der Waals surface area contributed by atoms with E-state index in [2.05, 4.69) is 35.3 Å². The Morgan fingerprint density at radius 3 is 2.52 bits per heavy atom. The first-order valence-electron chi connectivity index (χ1n) is 6.89. The Labute approximate surface area is 125 Å². The van der Waals surface area contributed by atoms with Crippen molar-refractivity contribution in [2.75, 3.05) is 11.3 Å². The van der Waals surface area contributed by atoms with Gasteiger partial charge in [0.1, 0.15) is 0 Å². The summed E-state index contributed by atoms with van der Waals surface area (Å²) in [4.78, 5) is 0. The first kappa shape index (κ1) is 15.8. The van der Waals surface area contributed by atoms with E-state index in [4.69, 9.17) is 0 Å². The predicted octanol–water partition coefficient (Wildman–Crippen LogP) is 2.14. The largest absolute Gasteiger partial charge is 0.300 e. The lowest BCUT2D eigenvalue weighted by atomic mass is 9.86. The van der Waals surface area contributed by atoms with Crippen molar-refractivity contribution >= 4 is 26.9 Å². The third-order valence-electron chi connectivity index (χ3n) is 3.24. The van der Waals surface area contributed by atoms with Gasteiger partial charge in [-0.25, -0.2) is 0 Å². The van der Waals surface area contributed by atoms with Crippen molar-refractivity contribution in [2.45, 2.75) is 33.1 Å². The summed E-state index contributed by atoms with van der Waals surface area (Å²) in [6.45, 7) is 8.42. The molecule has 1 heterocycles. The van der Waals surface area contributed by atoms with Gasteiger partial charge in [-0.1, -0.05) is 39.8 Å². The molecule has 1 aromatic heterocycles. The van der Waals surface area contributed by atoms with Crippen molar-refractivity contribution in [1.29, 1.82) is 0 Å². The van der Waals surface area contributed by atoms with Gasteiger partial charge in [-0.2, -0.15) is 18.2 Å². The second-order valence-electron chi connectivity index (χ2n) is 6.03. The van der Waals surface area contributed by atoms with Crippen LogP contribution in [0.25, 0.3) is 10.9 Å². The van der Waals surface area contributed by atoms with Crippen molar-refractivity contribution in [3.05, 3.63) is 23.8 Å². The summed E-state index contributed by atoms with van der Waals surface area (Å²) in [5.74, 6) is 0.347. The van der Waals surface area contributed by atoms with E-state index in [0.717, 1.165) is 16.5 Å². The van der Waals surface area contributed by atoms with Gasteiger partial charge >= 0.3 is 0 Å². The molecule has 2 rings (SSSR count). The van der Waals surface area contributed by atoms with E-state index in [9.17, 15) is 8.42 Å². The Balaban J connectivity index is 2.60. The third kappa shape index (κ3) is 3.19. The summed E-state index contributed by atoms with van der Waals surface area (Å²) in [5, 5.41) is 5.12. The number of nitrogens with zero attached hydrogens (tertiary/aromatic N) is 2. The summed E-state index contributed by atoms with van der Waals surface area (Å²) < 4.78 is 30.3. The van der Waals surface area contributed by atoms with Crippen LogP contribution in [0.2, 0.25) is 0 Å². The van der Waals surface area contributed by atoms with Gasteiger partial charge in [0.15, 0.2) is 5.82 Å². The van der Waals surface area contributed by atoms with Crippen molar-refractivity contribution in [1.82, 2.24) is 14.5 Å². The maximum atomic E-state index is 11.9. The van der Waals surface area contributed by atoms with Crippen LogP contribution in [0.4, 0.5) is 5.82 Å². The summed E-state index contributed by atoms with van der Waals surface area (Å²) in [7, 11) is -1.76. The van der Waals surface area contributed by atoms with Crippen LogP contribution < -0.4 is 9.44 Å². The lowest BCUT2D eigenvalue weighted by molar-refractivity contribution is 0.588. The third-order valence-corrected chi connectivity index (χ3v) is 4.37. The summed E-state index contributed by atoms with van der Waals surface area (Å²) >= 11 is 0. The van der Waals surface area contributed by atoms with Gasteiger partial charge in [0.05, 0.1) is 5.52 Å². The Bertz CT molecular complexity index is 757. The van der Waals surface area contributed by atoms with Gasteiger partial charge in [-0.3, -0.25) is 9.40 Å². The zero-order valence-electron chi connectivity index (χ0n) is 13.1. The molecule has 0 saturated carbocycles. The average molecular weight is 310 g/mol. The predicted molar refractivity (Wildman–Crippen MR) is 85.6 cm³/mol. The smallest absolute Gasteiger partial charge is 0.265 e. The van der Waals surface area contributed by atoms with E-state index in [1.54, 1.807) is 11.6 Å². The lowest BCUT2D eigenvalue weighted by Crippen LogP contribution is -2.30. The number of fused-ring (bicyclic) bond motifs is 1. The quantitative estimate of drug-likeness (QED) is 0.908. The molecule has 1 aromatic carbocycles. The summed E-state index contributed by atoms with van der Waals surface area (Å²) in [5.41, 5.74) is 2.02. The molecule has 6 nitrogen and oxygen atoms in total. The highest BCUT2D eigenvalue weighted by Crippen LogP contribution is 2.32. The molecular weight excluding hydrogens is 288 g/mol. The number of aryl methyl sites for hydroxylation is 1. The molecule has 0 spiro atoms. The molecule has 2 aromatic rings. The van der Waals surface area contributed by atoms with Crippen molar-refractivity contribution < 1.29 is 8.42 Å². The molecule has 0 radical (unpaired) electrons. The van der Waals surface area contributed by atoms with Crippen LogP contribution in [0.15, 0.2) is 18.2 Å². The first-order valence-corrected chi connectivity index (χ1v) is 8.37. The zero-order chi connectivity index (χ0) is 15.8. The van der Waals surface area contributed by atoms with Gasteiger partial charge in [0, 0.05) is 19.0 Å². The minimum atomic E-state index is -3.59. The topological polar surface area (TPSA) is 76.0 Å². The number of aromatic nitrogens is 2. The van der Waals surface area contributed by atoms with Gasteiger partial charge in [-0.05, 0) is 17.0 Å². The Kier molecular flexibility index (Phi) is 3.99. The molecule has 0 amide bonds. The molecule has 0 bridgehead atoms. The number of nitrogens with one attached hydrogen (secondary N) is 2. The second kappa shape index (κ2) is 5.31. The SMILES string of the molecule is CCNS(=O)(=O)Nc1nn(C)c2c(C(C)(C)C)cccc12. The monoisotopic (exact) mass is 310 g/mol. The highest BCUT2D eigenvalue weighted by Gasteiger charge is 2.22. The summed E-state index contributed by atoms with van der Waals surface area (Å²) in [6, 6.07) is 5.85. The normalized spacial score (nSPS) is 12.8. The van der Waals surface area contributed by atoms with E-state index in [-0.39, 0.29) is 5.41 Å². The first-order chi connectivity index (χ1) is 9.65. The van der Waals surface area contributed by atoms with Crippen LogP contribution in [0.5, 0.6) is 0 Å². The fourth-order valence-corrected chi connectivity index (χ4v) is 3.23. The van der Waals surface area contributed by atoms with E-state index >= 15 is 0 Å². The van der Waals surface area contributed by atoms with Crippen molar-refractivity contribution in [2.24, 2.45) is 7.05 Å². The van der Waals surface area contributed by atoms with E-state index in [0.29, 0.717) is 12.4 Å². The minimum absolute atomic E-state index is 0.0505. The number of benzene rings is 1. The Hall–Kier alpha value is -1.60. The van der Waals surface area contributed by atoms with Crippen molar-refractivity contribution in [3.63, 3.8) is 0 Å². The van der Waals surface area contributed by atoms with Gasteiger partial charge in [0.25, 0.3) is 10.2 Å². The highest BCUT2D eigenvalue weighted by molar-refractivity contribution is 7.90. The molecule has 0 aliphatic heterocycles. The van der Waals surface area contributed by atoms with E-state index in [1.165, 1.54) is 0 Å². The van der Waals surface area contributed by atoms with Crippen LogP contribution in [0.1, 0.15) is 33.3 Å². The highest BCUT2D eigenvalue weighted by atomic mass is 32.2. The van der Waals surface area contributed by atoms with Crippen LogP contribution in [0.3, 0.4) is 0 Å². The molecule has 0 aliphatic carbocycles. The van der Waals surface area contributed by atoms with Gasteiger partial charge in [-0.15, -0.1) is 0 Å². The Morgan fingerprint density at radius 1 is 1.29 bits per heavy atom. The molecule has 0 fully saturated rings. The molecule has 2 N–H and O–H groups in total. The molecule has 7 heteroatoms. The number of rotatable bonds is 4. The number of hydrogen-bond acceptors (Lipinski definition) is 3. The molecular formula is C14H22N4O2S. The standard InChI is InChI=1S/C14H22N4O2S/c1-6-15-21(19,20)17-13-10-8-7-9-11(14(2,3)4)12(10)18(5)16-13/h7-9,15H,6H2,1-5H3,(H,16,17). The maximum absolute atomic E-state index is 11.9. The molecule has 0 atom stereocenters. The molecule has 0 unspecified atom stereocenters. The van der Waals surface area contributed by atoms with E-state index < -0.39 is 10.2 Å². The Morgan fingerprint density at radius 2 is 1.95 bits per heavy atom. The lowest BCUT2D eigenvalue weighted by Gasteiger charge is -2.20. The second-order valence-corrected chi connectivity index (χ2v) is 7.53. The fraction of sp³-hybridized carbons (Fsp3) is 0.500. The minimum Gasteiger partial charge on any atom is -0.265 e. The van der Waals surface area contributed by atoms with Crippen LogP contribution in [-0.2, 0) is 22.7 Å². The maximum Gasteiger partial charge on any atom is 0.300 e. The van der Waals surface area contributed by atoms with Crippen molar-refractivity contribution in [3.8, 4) is 0 Å². The molecule has 0 saturated heterocycles. The van der Waals surface area contributed by atoms with Gasteiger partial charge in [0.2, 0.25) is 0 Å². The molecule has 0 aliphatic rings.